The minimum absolute atomic E-state index is 0. The summed E-state index contributed by atoms with van der Waals surface area (Å²) in [5.74, 6) is 0.431. The smallest absolute Gasteiger partial charge is 0.191 e. The van der Waals surface area contributed by atoms with Gasteiger partial charge in [0.05, 0.1) is 10.7 Å². The molecule has 0 radical (unpaired) electrons. The predicted octanol–water partition coefficient (Wildman–Crippen LogP) is 3.88. The maximum absolute atomic E-state index is 13.3. The summed E-state index contributed by atoms with van der Waals surface area (Å²) in [4.78, 5) is 8.57. The van der Waals surface area contributed by atoms with Crippen molar-refractivity contribution in [3.05, 3.63) is 50.1 Å². The second kappa shape index (κ2) is 10.2. The average molecular weight is 513 g/mol. The van der Waals surface area contributed by atoms with Crippen LogP contribution in [-0.2, 0) is 13.0 Å². The second-order valence-corrected chi connectivity index (χ2v) is 6.72. The van der Waals surface area contributed by atoms with Crippen LogP contribution in [0.4, 0.5) is 4.39 Å². The van der Waals surface area contributed by atoms with Gasteiger partial charge in [0.1, 0.15) is 5.82 Å². The Bertz CT molecular complexity index is 642. The number of aromatic nitrogens is 1. The van der Waals surface area contributed by atoms with E-state index in [2.05, 4.69) is 41.9 Å². The summed E-state index contributed by atoms with van der Waals surface area (Å²) in [5.41, 5.74) is 1.93. The molecule has 8 heteroatoms. The van der Waals surface area contributed by atoms with Crippen molar-refractivity contribution in [1.29, 1.82) is 0 Å². The van der Waals surface area contributed by atoms with E-state index in [1.807, 2.05) is 13.0 Å². The Morgan fingerprint density at radius 3 is 2.74 bits per heavy atom. The van der Waals surface area contributed by atoms with Gasteiger partial charge in [-0.15, -0.1) is 35.3 Å². The van der Waals surface area contributed by atoms with Gasteiger partial charge in [0.2, 0.25) is 0 Å². The number of guanidine groups is 1. The maximum atomic E-state index is 13.3. The van der Waals surface area contributed by atoms with Crippen LogP contribution >= 0.6 is 51.2 Å². The lowest BCUT2D eigenvalue weighted by molar-refractivity contribution is 0.623. The van der Waals surface area contributed by atoms with Crippen molar-refractivity contribution in [2.24, 2.45) is 4.99 Å². The molecule has 0 saturated heterocycles. The molecule has 0 spiro atoms. The molecule has 1 aromatic heterocycles. The zero-order valence-corrected chi connectivity index (χ0v) is 17.6. The molecule has 0 saturated carbocycles. The van der Waals surface area contributed by atoms with Gasteiger partial charge >= 0.3 is 0 Å². The molecule has 0 fully saturated rings. The third-order valence-corrected chi connectivity index (χ3v) is 4.23. The largest absolute Gasteiger partial charge is 0.356 e. The molecule has 4 nitrogen and oxygen atoms in total. The third kappa shape index (κ3) is 7.13. The molecule has 0 aliphatic carbocycles. The number of nitrogens with one attached hydrogen (secondary N) is 2. The molecular weight excluding hydrogens is 494 g/mol. The van der Waals surface area contributed by atoms with E-state index in [9.17, 15) is 4.39 Å². The highest BCUT2D eigenvalue weighted by molar-refractivity contribution is 14.0. The van der Waals surface area contributed by atoms with Crippen molar-refractivity contribution in [3.63, 3.8) is 0 Å². The minimum atomic E-state index is -0.256. The Kier molecular flexibility index (Phi) is 9.00. The Hall–Kier alpha value is -0.740. The van der Waals surface area contributed by atoms with E-state index in [1.54, 1.807) is 18.4 Å². The van der Waals surface area contributed by atoms with Gasteiger partial charge in [-0.05, 0) is 30.7 Å². The number of aliphatic imine (C=N–C) groups is 1. The van der Waals surface area contributed by atoms with Crippen LogP contribution < -0.4 is 10.6 Å². The highest BCUT2D eigenvalue weighted by Gasteiger charge is 2.03. The molecule has 0 aliphatic rings. The van der Waals surface area contributed by atoms with Gasteiger partial charge in [-0.25, -0.2) is 9.37 Å². The summed E-state index contributed by atoms with van der Waals surface area (Å²) >= 11 is 4.94. The van der Waals surface area contributed by atoms with Crippen LogP contribution in [0.1, 0.15) is 16.3 Å². The maximum Gasteiger partial charge on any atom is 0.191 e. The standard InChI is InChI=1S/C15H18BrFN4S.HI/c1-10-21-14(9-22-10)3-4-19-15(18-2)20-8-11-5-12(16)7-13(17)6-11;/h5-7,9H,3-4,8H2,1-2H3,(H2,18,19,20);1H. The van der Waals surface area contributed by atoms with Crippen molar-refractivity contribution in [3.8, 4) is 0 Å². The molecule has 23 heavy (non-hydrogen) atoms. The lowest BCUT2D eigenvalue weighted by atomic mass is 10.2. The summed E-state index contributed by atoms with van der Waals surface area (Å²) in [5, 5.41) is 9.53. The lowest BCUT2D eigenvalue weighted by Crippen LogP contribution is -2.37. The van der Waals surface area contributed by atoms with Crippen LogP contribution in [0.15, 0.2) is 33.0 Å². The molecule has 1 aromatic carbocycles. The van der Waals surface area contributed by atoms with Crippen molar-refractivity contribution in [1.82, 2.24) is 15.6 Å². The minimum Gasteiger partial charge on any atom is -0.356 e. The van der Waals surface area contributed by atoms with E-state index < -0.39 is 0 Å². The number of rotatable bonds is 5. The monoisotopic (exact) mass is 512 g/mol. The molecule has 0 unspecified atom stereocenters. The molecule has 0 aliphatic heterocycles. The molecule has 0 amide bonds. The molecule has 2 N–H and O–H groups in total. The van der Waals surface area contributed by atoms with E-state index in [0.29, 0.717) is 12.5 Å². The summed E-state index contributed by atoms with van der Waals surface area (Å²) < 4.78 is 14.0. The number of nitrogens with zero attached hydrogens (tertiary/aromatic N) is 2. The van der Waals surface area contributed by atoms with E-state index in [-0.39, 0.29) is 29.8 Å². The quantitative estimate of drug-likeness (QED) is 0.363. The number of aryl methyl sites for hydroxylation is 1. The zero-order chi connectivity index (χ0) is 15.9. The van der Waals surface area contributed by atoms with Crippen molar-refractivity contribution in [2.45, 2.75) is 19.9 Å². The number of halogens is 3. The first-order valence-corrected chi connectivity index (χ1v) is 8.54. The van der Waals surface area contributed by atoms with Gasteiger partial charge in [0, 0.05) is 36.4 Å². The Balaban J connectivity index is 0.00000264. The predicted molar refractivity (Wildman–Crippen MR) is 108 cm³/mol. The van der Waals surface area contributed by atoms with Gasteiger partial charge in [0.25, 0.3) is 0 Å². The number of benzene rings is 1. The first kappa shape index (κ1) is 20.3. The number of hydrogen-bond donors (Lipinski definition) is 2. The first-order chi connectivity index (χ1) is 10.6. The Morgan fingerprint density at radius 2 is 2.13 bits per heavy atom. The summed E-state index contributed by atoms with van der Waals surface area (Å²) in [6.45, 7) is 3.25. The van der Waals surface area contributed by atoms with Gasteiger partial charge in [-0.2, -0.15) is 0 Å². The number of hydrogen-bond acceptors (Lipinski definition) is 3. The van der Waals surface area contributed by atoms with E-state index >= 15 is 0 Å². The topological polar surface area (TPSA) is 49.3 Å². The molecular formula is C15H19BrFIN4S. The average Bonchev–Trinajstić information content (AvgIpc) is 2.87. The van der Waals surface area contributed by atoms with E-state index in [4.69, 9.17) is 0 Å². The van der Waals surface area contributed by atoms with E-state index in [1.165, 1.54) is 12.1 Å². The summed E-state index contributed by atoms with van der Waals surface area (Å²) in [6, 6.07) is 4.82. The SMILES string of the molecule is CN=C(NCCc1csc(C)n1)NCc1cc(F)cc(Br)c1.I. The van der Waals surface area contributed by atoms with Crippen LogP contribution in [0.25, 0.3) is 0 Å². The third-order valence-electron chi connectivity index (χ3n) is 2.95. The second-order valence-electron chi connectivity index (χ2n) is 4.74. The molecule has 0 atom stereocenters. The van der Waals surface area contributed by atoms with Crippen molar-refractivity contribution < 1.29 is 4.39 Å². The van der Waals surface area contributed by atoms with E-state index in [0.717, 1.165) is 33.7 Å². The fourth-order valence-electron chi connectivity index (χ4n) is 1.95. The lowest BCUT2D eigenvalue weighted by Gasteiger charge is -2.11. The highest BCUT2D eigenvalue weighted by Crippen LogP contribution is 2.14. The molecule has 2 aromatic rings. The van der Waals surface area contributed by atoms with Crippen LogP contribution in [0.2, 0.25) is 0 Å². The van der Waals surface area contributed by atoms with Crippen molar-refractivity contribution >= 4 is 57.2 Å². The van der Waals surface area contributed by atoms with Gasteiger partial charge in [-0.1, -0.05) is 15.9 Å². The van der Waals surface area contributed by atoms with Gasteiger partial charge < -0.3 is 10.6 Å². The van der Waals surface area contributed by atoms with Crippen LogP contribution in [0.3, 0.4) is 0 Å². The van der Waals surface area contributed by atoms with Crippen molar-refractivity contribution in [2.75, 3.05) is 13.6 Å². The summed E-state index contributed by atoms with van der Waals surface area (Å²) in [6.07, 6.45) is 0.844. The zero-order valence-electron chi connectivity index (χ0n) is 12.9. The highest BCUT2D eigenvalue weighted by atomic mass is 127. The fourth-order valence-corrected chi connectivity index (χ4v) is 3.11. The van der Waals surface area contributed by atoms with Crippen LogP contribution in [-0.4, -0.2) is 24.5 Å². The molecule has 126 valence electrons. The fraction of sp³-hybridized carbons (Fsp3) is 0.333. The van der Waals surface area contributed by atoms with Crippen LogP contribution in [0, 0.1) is 12.7 Å². The van der Waals surface area contributed by atoms with Gasteiger partial charge in [0.15, 0.2) is 5.96 Å². The Morgan fingerprint density at radius 1 is 1.35 bits per heavy atom. The normalized spacial score (nSPS) is 11.0. The summed E-state index contributed by atoms with van der Waals surface area (Å²) in [7, 11) is 1.71. The van der Waals surface area contributed by atoms with Crippen LogP contribution in [0.5, 0.6) is 0 Å². The first-order valence-electron chi connectivity index (χ1n) is 6.87. The Labute approximate surface area is 165 Å². The van der Waals surface area contributed by atoms with Gasteiger partial charge in [-0.3, -0.25) is 4.99 Å². The molecule has 0 bridgehead atoms. The molecule has 1 heterocycles. The number of thiazole rings is 1. The molecule has 2 rings (SSSR count).